The summed E-state index contributed by atoms with van der Waals surface area (Å²) in [5.74, 6) is 0. The lowest BCUT2D eigenvalue weighted by Gasteiger charge is -1.91. The Hall–Kier alpha value is -1.68. The molecule has 0 aliphatic rings. The molecular weight excluding hydrogens is 196 g/mol. The van der Waals surface area contributed by atoms with Crippen LogP contribution in [0.4, 0.5) is 5.13 Å². The SMILES string of the molecule is Nc1nc2ccc(C=CC=O)cc2s1. The van der Waals surface area contributed by atoms with Crippen molar-refractivity contribution in [1.29, 1.82) is 0 Å². The molecule has 0 unspecified atom stereocenters. The minimum Gasteiger partial charge on any atom is -0.375 e. The molecule has 0 saturated carbocycles. The second-order valence-corrected chi connectivity index (χ2v) is 3.84. The molecule has 0 radical (unpaired) electrons. The zero-order chi connectivity index (χ0) is 9.97. The Kier molecular flexibility index (Phi) is 2.28. The molecular formula is C10H8N2OS. The normalized spacial score (nSPS) is 11.1. The Morgan fingerprint density at radius 3 is 3.07 bits per heavy atom. The zero-order valence-corrected chi connectivity index (χ0v) is 8.12. The lowest BCUT2D eigenvalue weighted by molar-refractivity contribution is -0.104. The molecule has 14 heavy (non-hydrogen) atoms. The van der Waals surface area contributed by atoms with Crippen LogP contribution in [0.25, 0.3) is 16.3 Å². The van der Waals surface area contributed by atoms with Crippen molar-refractivity contribution < 1.29 is 4.79 Å². The maximum absolute atomic E-state index is 10.1. The van der Waals surface area contributed by atoms with Crippen molar-refractivity contribution in [2.75, 3.05) is 5.73 Å². The molecule has 2 aromatic rings. The van der Waals surface area contributed by atoms with E-state index in [1.165, 1.54) is 17.4 Å². The van der Waals surface area contributed by atoms with Crippen LogP contribution in [-0.4, -0.2) is 11.3 Å². The van der Waals surface area contributed by atoms with E-state index in [1.54, 1.807) is 6.08 Å². The van der Waals surface area contributed by atoms with E-state index < -0.39 is 0 Å². The van der Waals surface area contributed by atoms with Crippen molar-refractivity contribution in [3.63, 3.8) is 0 Å². The summed E-state index contributed by atoms with van der Waals surface area (Å²) in [7, 11) is 0. The van der Waals surface area contributed by atoms with Crippen molar-refractivity contribution in [2.45, 2.75) is 0 Å². The number of aldehydes is 1. The van der Waals surface area contributed by atoms with Gasteiger partial charge in [0.25, 0.3) is 0 Å². The summed E-state index contributed by atoms with van der Waals surface area (Å²) in [5.41, 5.74) is 7.45. The molecule has 1 heterocycles. The zero-order valence-electron chi connectivity index (χ0n) is 7.31. The van der Waals surface area contributed by atoms with Gasteiger partial charge in [0.05, 0.1) is 10.2 Å². The van der Waals surface area contributed by atoms with Crippen LogP contribution in [0, 0.1) is 0 Å². The summed E-state index contributed by atoms with van der Waals surface area (Å²) < 4.78 is 1.04. The van der Waals surface area contributed by atoms with Crippen molar-refractivity contribution in [3.05, 3.63) is 29.8 Å². The summed E-state index contributed by atoms with van der Waals surface area (Å²) in [4.78, 5) is 14.3. The molecule has 0 fully saturated rings. The van der Waals surface area contributed by atoms with Gasteiger partial charge in [-0.05, 0) is 23.8 Å². The number of nitrogens with zero attached hydrogens (tertiary/aromatic N) is 1. The molecule has 1 aromatic carbocycles. The van der Waals surface area contributed by atoms with E-state index in [0.29, 0.717) is 5.13 Å². The smallest absolute Gasteiger partial charge is 0.181 e. The summed E-state index contributed by atoms with van der Waals surface area (Å²) in [6, 6.07) is 5.76. The van der Waals surface area contributed by atoms with Gasteiger partial charge < -0.3 is 5.73 Å². The molecule has 0 aliphatic heterocycles. The van der Waals surface area contributed by atoms with Gasteiger partial charge in [-0.3, -0.25) is 4.79 Å². The Morgan fingerprint density at radius 2 is 2.29 bits per heavy atom. The second kappa shape index (κ2) is 3.59. The van der Waals surface area contributed by atoms with Crippen molar-refractivity contribution in [2.24, 2.45) is 0 Å². The Labute approximate surface area is 84.9 Å². The van der Waals surface area contributed by atoms with E-state index >= 15 is 0 Å². The van der Waals surface area contributed by atoms with Crippen LogP contribution in [0.1, 0.15) is 5.56 Å². The first-order chi connectivity index (χ1) is 6.79. The molecule has 0 atom stereocenters. The average Bonchev–Trinajstić information content (AvgIpc) is 2.54. The van der Waals surface area contributed by atoms with Gasteiger partial charge in [0.1, 0.15) is 6.29 Å². The molecule has 0 bridgehead atoms. The van der Waals surface area contributed by atoms with Crippen LogP contribution < -0.4 is 5.73 Å². The molecule has 0 spiro atoms. The highest BCUT2D eigenvalue weighted by Gasteiger charge is 1.99. The van der Waals surface area contributed by atoms with Crippen LogP contribution in [0.5, 0.6) is 0 Å². The van der Waals surface area contributed by atoms with Crippen molar-refractivity contribution >= 4 is 39.0 Å². The third-order valence-electron chi connectivity index (χ3n) is 1.80. The standard InChI is InChI=1S/C10H8N2OS/c11-10-12-8-4-3-7(2-1-5-13)6-9(8)14-10/h1-6H,(H2,11,12). The highest BCUT2D eigenvalue weighted by Crippen LogP contribution is 2.24. The maximum Gasteiger partial charge on any atom is 0.181 e. The summed E-state index contributed by atoms with van der Waals surface area (Å²) in [6.07, 6.45) is 3.97. The van der Waals surface area contributed by atoms with E-state index in [2.05, 4.69) is 4.98 Å². The second-order valence-electron chi connectivity index (χ2n) is 2.77. The molecule has 4 heteroatoms. The van der Waals surface area contributed by atoms with Crippen molar-refractivity contribution in [1.82, 2.24) is 4.98 Å². The quantitative estimate of drug-likeness (QED) is 0.602. The van der Waals surface area contributed by atoms with E-state index in [-0.39, 0.29) is 0 Å². The van der Waals surface area contributed by atoms with Gasteiger partial charge >= 0.3 is 0 Å². The fraction of sp³-hybridized carbons (Fsp3) is 0. The van der Waals surface area contributed by atoms with Gasteiger partial charge in [-0.25, -0.2) is 4.98 Å². The number of thiazole rings is 1. The molecule has 2 N–H and O–H groups in total. The van der Waals surface area contributed by atoms with Gasteiger partial charge in [0.2, 0.25) is 0 Å². The van der Waals surface area contributed by atoms with Crippen LogP contribution in [0.2, 0.25) is 0 Å². The minimum atomic E-state index is 0.566. The first-order valence-corrected chi connectivity index (χ1v) is 4.89. The summed E-state index contributed by atoms with van der Waals surface area (Å²) >= 11 is 1.44. The van der Waals surface area contributed by atoms with E-state index in [9.17, 15) is 4.79 Å². The van der Waals surface area contributed by atoms with Crippen LogP contribution in [0.3, 0.4) is 0 Å². The number of aromatic nitrogens is 1. The maximum atomic E-state index is 10.1. The highest BCUT2D eigenvalue weighted by atomic mass is 32.1. The Bertz CT molecular complexity index is 502. The van der Waals surface area contributed by atoms with Crippen LogP contribution in [0.15, 0.2) is 24.3 Å². The van der Waals surface area contributed by atoms with E-state index in [4.69, 9.17) is 5.73 Å². The number of fused-ring (bicyclic) bond motifs is 1. The van der Waals surface area contributed by atoms with Gasteiger partial charge in [-0.2, -0.15) is 0 Å². The van der Waals surface area contributed by atoms with E-state index in [0.717, 1.165) is 22.1 Å². The summed E-state index contributed by atoms with van der Waals surface area (Å²) in [6.45, 7) is 0. The van der Waals surface area contributed by atoms with Gasteiger partial charge in [-0.1, -0.05) is 23.5 Å². The number of benzene rings is 1. The third kappa shape index (κ3) is 1.65. The topological polar surface area (TPSA) is 56.0 Å². The lowest BCUT2D eigenvalue weighted by Crippen LogP contribution is -1.78. The van der Waals surface area contributed by atoms with Gasteiger partial charge in [0, 0.05) is 0 Å². The lowest BCUT2D eigenvalue weighted by atomic mass is 10.2. The first-order valence-electron chi connectivity index (χ1n) is 4.07. The number of carbonyl (C=O) groups excluding carboxylic acids is 1. The molecule has 2 rings (SSSR count). The number of anilines is 1. The summed E-state index contributed by atoms with van der Waals surface area (Å²) in [5, 5.41) is 0.566. The third-order valence-corrected chi connectivity index (χ3v) is 2.64. The number of hydrogen-bond acceptors (Lipinski definition) is 4. The number of rotatable bonds is 2. The molecule has 70 valence electrons. The number of carbonyl (C=O) groups is 1. The monoisotopic (exact) mass is 204 g/mol. The predicted molar refractivity (Wildman–Crippen MR) is 59.1 cm³/mol. The number of nitrogen functional groups attached to an aromatic ring is 1. The molecule has 3 nitrogen and oxygen atoms in total. The molecule has 0 saturated heterocycles. The number of allylic oxidation sites excluding steroid dienone is 1. The Balaban J connectivity index is 2.50. The Morgan fingerprint density at radius 1 is 1.43 bits per heavy atom. The fourth-order valence-electron chi connectivity index (χ4n) is 1.21. The average molecular weight is 204 g/mol. The largest absolute Gasteiger partial charge is 0.375 e. The van der Waals surface area contributed by atoms with Crippen LogP contribution in [-0.2, 0) is 4.79 Å². The predicted octanol–water partition coefficient (Wildman–Crippen LogP) is 2.09. The van der Waals surface area contributed by atoms with Crippen LogP contribution >= 0.6 is 11.3 Å². The number of hydrogen-bond donors (Lipinski definition) is 1. The minimum absolute atomic E-state index is 0.566. The molecule has 1 aromatic heterocycles. The fourth-order valence-corrected chi connectivity index (χ4v) is 2.00. The first kappa shape index (κ1) is 8.90. The molecule has 0 aliphatic carbocycles. The van der Waals surface area contributed by atoms with E-state index in [1.807, 2.05) is 18.2 Å². The number of nitrogens with two attached hydrogens (primary N) is 1. The highest BCUT2D eigenvalue weighted by molar-refractivity contribution is 7.22. The van der Waals surface area contributed by atoms with Gasteiger partial charge in [0.15, 0.2) is 5.13 Å². The van der Waals surface area contributed by atoms with Crippen molar-refractivity contribution in [3.8, 4) is 0 Å². The van der Waals surface area contributed by atoms with Gasteiger partial charge in [-0.15, -0.1) is 0 Å². The molecule has 0 amide bonds.